The van der Waals surface area contributed by atoms with E-state index in [0.717, 1.165) is 28.9 Å². The van der Waals surface area contributed by atoms with Crippen LogP contribution in [0.1, 0.15) is 40.9 Å². The number of para-hydroxylation sites is 1. The zero-order chi connectivity index (χ0) is 31.0. The molecule has 11 heteroatoms. The smallest absolute Gasteiger partial charge is 0.407 e. The maximum Gasteiger partial charge on any atom is 0.407 e. The van der Waals surface area contributed by atoms with Crippen LogP contribution in [-0.4, -0.2) is 64.3 Å². The van der Waals surface area contributed by atoms with Gasteiger partial charge in [0.05, 0.1) is 25.9 Å². The summed E-state index contributed by atoms with van der Waals surface area (Å²) in [5.41, 5.74) is 4.67. The van der Waals surface area contributed by atoms with Crippen LogP contribution in [0.4, 0.5) is 10.5 Å². The lowest BCUT2D eigenvalue weighted by Gasteiger charge is -2.30. The Balaban J connectivity index is 1.14. The summed E-state index contributed by atoms with van der Waals surface area (Å²) in [5.74, 6) is -0.0485. The molecule has 1 fully saturated rings. The number of aromatic amines is 1. The number of methoxy groups -OCH3 is 1. The Morgan fingerprint density at radius 3 is 2.31 bits per heavy atom. The van der Waals surface area contributed by atoms with E-state index in [4.69, 9.17) is 9.47 Å². The van der Waals surface area contributed by atoms with Crippen molar-refractivity contribution in [1.82, 2.24) is 30.6 Å². The molecule has 0 radical (unpaired) electrons. The van der Waals surface area contributed by atoms with Crippen LogP contribution in [0.5, 0.6) is 0 Å². The van der Waals surface area contributed by atoms with Gasteiger partial charge in [-0.15, -0.1) is 0 Å². The number of alkyl carbamates (subject to hydrolysis) is 1. The molecule has 45 heavy (non-hydrogen) atoms. The topological polar surface area (TPSA) is 143 Å². The largest absolute Gasteiger partial charge is 0.453 e. The SMILES string of the molecule is COC(=O)N[C@H](C(=O)Nc1ccccc1CC[C@@H]1CN[C@H](c2nc3nccnc3[nH]2)CO1)C(c1ccccc1)c1ccccc1. The average Bonchev–Trinajstić information content (AvgIpc) is 3.53. The third-order valence-electron chi connectivity index (χ3n) is 7.98. The van der Waals surface area contributed by atoms with Gasteiger partial charge in [0.25, 0.3) is 0 Å². The zero-order valence-corrected chi connectivity index (χ0v) is 24.9. The molecule has 11 nitrogen and oxygen atoms in total. The Morgan fingerprint density at radius 1 is 0.956 bits per heavy atom. The van der Waals surface area contributed by atoms with E-state index in [1.54, 1.807) is 12.4 Å². The van der Waals surface area contributed by atoms with Crippen LogP contribution in [0, 0.1) is 0 Å². The molecule has 0 unspecified atom stereocenters. The molecule has 3 aromatic carbocycles. The van der Waals surface area contributed by atoms with E-state index < -0.39 is 18.1 Å². The highest BCUT2D eigenvalue weighted by Gasteiger charge is 2.33. The Hall–Kier alpha value is -5.13. The first-order valence-electron chi connectivity index (χ1n) is 14.9. The average molecular weight is 606 g/mol. The molecule has 230 valence electrons. The van der Waals surface area contributed by atoms with E-state index in [0.29, 0.717) is 36.6 Å². The van der Waals surface area contributed by atoms with Crippen molar-refractivity contribution in [2.75, 3.05) is 25.6 Å². The second kappa shape index (κ2) is 14.1. The van der Waals surface area contributed by atoms with Crippen molar-refractivity contribution in [2.45, 2.75) is 36.9 Å². The fourth-order valence-electron chi connectivity index (χ4n) is 5.69. The number of H-pyrrole nitrogens is 1. The van der Waals surface area contributed by atoms with Gasteiger partial charge in [-0.1, -0.05) is 78.9 Å². The summed E-state index contributed by atoms with van der Waals surface area (Å²) in [4.78, 5) is 42.8. The first-order valence-corrected chi connectivity index (χ1v) is 14.9. The van der Waals surface area contributed by atoms with E-state index >= 15 is 0 Å². The van der Waals surface area contributed by atoms with Crippen molar-refractivity contribution in [1.29, 1.82) is 0 Å². The Kier molecular flexibility index (Phi) is 9.38. The number of imidazole rings is 1. The molecule has 0 spiro atoms. The van der Waals surface area contributed by atoms with Crippen molar-refractivity contribution < 1.29 is 19.1 Å². The van der Waals surface area contributed by atoms with Gasteiger partial charge in [-0.25, -0.2) is 19.7 Å². The number of carbonyl (C=O) groups excluding carboxylic acids is 2. The number of hydrogen-bond acceptors (Lipinski definition) is 8. The number of morpholine rings is 1. The van der Waals surface area contributed by atoms with Gasteiger partial charge in [-0.3, -0.25) is 4.79 Å². The van der Waals surface area contributed by atoms with Crippen LogP contribution in [-0.2, 0) is 20.7 Å². The normalized spacial score (nSPS) is 17.1. The van der Waals surface area contributed by atoms with Gasteiger partial charge in [0.1, 0.15) is 11.9 Å². The molecule has 2 aromatic heterocycles. The number of ether oxygens (including phenoxy) is 2. The maximum absolute atomic E-state index is 14.0. The van der Waals surface area contributed by atoms with Crippen LogP contribution in [0.25, 0.3) is 11.3 Å². The van der Waals surface area contributed by atoms with Crippen molar-refractivity contribution >= 4 is 29.0 Å². The summed E-state index contributed by atoms with van der Waals surface area (Å²) in [5, 5.41) is 9.41. The highest BCUT2D eigenvalue weighted by Crippen LogP contribution is 2.30. The molecule has 0 aliphatic carbocycles. The molecule has 1 aliphatic rings. The van der Waals surface area contributed by atoms with Crippen LogP contribution in [0.2, 0.25) is 0 Å². The lowest BCUT2D eigenvalue weighted by molar-refractivity contribution is -0.118. The standard InChI is InChI=1S/C34H35N7O4/c1-44-34(43)39-29(28(23-11-4-2-5-12-23)24-13-6-3-7-14-24)33(42)38-26-15-9-8-10-22(26)16-17-25-20-37-27(21-45-25)30-40-31-32(41-30)36-19-18-35-31/h2-15,18-19,25,27-29,37H,16-17,20-21H2,1H3,(H,38,42)(H,39,43)(H,35,36,40,41)/t25-,27+,29+/m1/s1. The molecule has 6 rings (SSSR count). The number of benzene rings is 3. The van der Waals surface area contributed by atoms with Gasteiger partial charge in [0, 0.05) is 30.5 Å². The highest BCUT2D eigenvalue weighted by molar-refractivity contribution is 5.98. The van der Waals surface area contributed by atoms with E-state index in [1.807, 2.05) is 84.9 Å². The molecule has 1 aliphatic heterocycles. The summed E-state index contributed by atoms with van der Waals surface area (Å²) in [6.07, 6.45) is 3.98. The minimum Gasteiger partial charge on any atom is -0.453 e. The number of aryl methyl sites for hydroxylation is 1. The second-order valence-electron chi connectivity index (χ2n) is 10.9. The van der Waals surface area contributed by atoms with Crippen LogP contribution in [0.15, 0.2) is 97.3 Å². The predicted octanol–water partition coefficient (Wildman–Crippen LogP) is 4.51. The summed E-state index contributed by atoms with van der Waals surface area (Å²) in [6.45, 7) is 1.11. The summed E-state index contributed by atoms with van der Waals surface area (Å²) in [6, 6.07) is 26.0. The first kappa shape index (κ1) is 29.9. The fraction of sp³-hybridized carbons (Fsp3) is 0.265. The van der Waals surface area contributed by atoms with Crippen LogP contribution in [0.3, 0.4) is 0 Å². The van der Waals surface area contributed by atoms with Gasteiger partial charge in [0.2, 0.25) is 5.91 Å². The van der Waals surface area contributed by atoms with E-state index in [9.17, 15) is 9.59 Å². The van der Waals surface area contributed by atoms with Crippen LogP contribution < -0.4 is 16.0 Å². The van der Waals surface area contributed by atoms with Gasteiger partial charge in [-0.2, -0.15) is 0 Å². The van der Waals surface area contributed by atoms with Crippen molar-refractivity contribution in [3.05, 3.63) is 120 Å². The lowest BCUT2D eigenvalue weighted by Crippen LogP contribution is -2.48. The van der Waals surface area contributed by atoms with E-state index in [-0.39, 0.29) is 18.1 Å². The molecule has 4 N–H and O–H groups in total. The molecule has 0 saturated carbocycles. The number of rotatable bonds is 10. The lowest BCUT2D eigenvalue weighted by atomic mass is 9.84. The van der Waals surface area contributed by atoms with Crippen molar-refractivity contribution in [3.8, 4) is 0 Å². The van der Waals surface area contributed by atoms with Crippen LogP contribution >= 0.6 is 0 Å². The minimum atomic E-state index is -0.943. The van der Waals surface area contributed by atoms with Gasteiger partial charge in [0.15, 0.2) is 11.3 Å². The molecule has 3 heterocycles. The summed E-state index contributed by atoms with van der Waals surface area (Å²) in [7, 11) is 1.29. The number of amides is 2. The highest BCUT2D eigenvalue weighted by atomic mass is 16.5. The zero-order valence-electron chi connectivity index (χ0n) is 24.9. The molecular weight excluding hydrogens is 570 g/mol. The first-order chi connectivity index (χ1) is 22.1. The van der Waals surface area contributed by atoms with E-state index in [2.05, 4.69) is 35.9 Å². The quantitative estimate of drug-likeness (QED) is 0.182. The fourth-order valence-corrected chi connectivity index (χ4v) is 5.69. The Morgan fingerprint density at radius 2 is 1.64 bits per heavy atom. The molecule has 3 atom stereocenters. The number of anilines is 1. The van der Waals surface area contributed by atoms with Gasteiger partial charge < -0.3 is 30.4 Å². The number of carbonyl (C=O) groups is 2. The van der Waals surface area contributed by atoms with E-state index in [1.165, 1.54) is 7.11 Å². The van der Waals surface area contributed by atoms with Gasteiger partial charge >= 0.3 is 6.09 Å². The van der Waals surface area contributed by atoms with Gasteiger partial charge in [-0.05, 0) is 35.6 Å². The number of aromatic nitrogens is 4. The third-order valence-corrected chi connectivity index (χ3v) is 7.98. The molecule has 2 amide bonds. The molecule has 0 bridgehead atoms. The Labute approximate surface area is 260 Å². The third kappa shape index (κ3) is 7.17. The molecule has 1 saturated heterocycles. The number of nitrogens with zero attached hydrogens (tertiary/aromatic N) is 3. The minimum absolute atomic E-state index is 0.0140. The van der Waals surface area contributed by atoms with Crippen molar-refractivity contribution in [3.63, 3.8) is 0 Å². The maximum atomic E-state index is 14.0. The second-order valence-corrected chi connectivity index (χ2v) is 10.9. The number of nitrogens with one attached hydrogen (secondary N) is 4. The van der Waals surface area contributed by atoms with Crippen molar-refractivity contribution in [2.24, 2.45) is 0 Å². The predicted molar refractivity (Wildman–Crippen MR) is 170 cm³/mol. The monoisotopic (exact) mass is 605 g/mol. The Bertz CT molecular complexity index is 1650. The molecule has 5 aromatic rings. The number of fused-ring (bicyclic) bond motifs is 1. The molecular formula is C34H35N7O4. The summed E-state index contributed by atoms with van der Waals surface area (Å²) < 4.78 is 11.1. The number of hydrogen-bond donors (Lipinski definition) is 4. The summed E-state index contributed by atoms with van der Waals surface area (Å²) >= 11 is 0.